The highest BCUT2D eigenvalue weighted by atomic mass is 16.3. The molecule has 2 aliphatic heterocycles. The zero-order valence-corrected chi connectivity index (χ0v) is 13.3. The predicted octanol–water partition coefficient (Wildman–Crippen LogP) is 4.28. The van der Waals surface area contributed by atoms with Crippen molar-refractivity contribution in [1.29, 1.82) is 0 Å². The van der Waals surface area contributed by atoms with Crippen LogP contribution < -0.4 is 0 Å². The zero-order chi connectivity index (χ0) is 14.4. The third-order valence-electron chi connectivity index (χ3n) is 5.52. The third kappa shape index (κ3) is 4.33. The minimum atomic E-state index is -0.346. The van der Waals surface area contributed by atoms with Gasteiger partial charge in [0.15, 0.2) is 0 Å². The van der Waals surface area contributed by atoms with Crippen molar-refractivity contribution in [1.82, 2.24) is 4.90 Å². The molecule has 0 aromatic carbocycles. The first-order valence-corrected chi connectivity index (χ1v) is 8.70. The molecule has 0 aliphatic carbocycles. The number of piperidine rings is 1. The lowest BCUT2D eigenvalue weighted by atomic mass is 9.82. The molecule has 0 spiro atoms. The number of hydrogen-bond acceptors (Lipinski definition) is 2. The standard InChI is InChI=1S/C18H33NO/c1-3-4-5-6-7-8-9-10-13-18(20)14-16-11-12-17(15-18)19(16)2/h3,16-17,20H,1,4-15H2,2H3. The van der Waals surface area contributed by atoms with Crippen molar-refractivity contribution in [2.45, 2.75) is 94.7 Å². The van der Waals surface area contributed by atoms with Crippen LogP contribution >= 0.6 is 0 Å². The van der Waals surface area contributed by atoms with Crippen LogP contribution in [0.1, 0.15) is 77.0 Å². The molecule has 2 rings (SSSR count). The highest BCUT2D eigenvalue weighted by molar-refractivity contribution is 5.00. The maximum absolute atomic E-state index is 10.8. The van der Waals surface area contributed by atoms with E-state index in [9.17, 15) is 5.11 Å². The lowest BCUT2D eigenvalue weighted by Gasteiger charge is -2.42. The molecule has 0 aromatic heterocycles. The van der Waals surface area contributed by atoms with Crippen LogP contribution in [0.2, 0.25) is 0 Å². The first kappa shape index (κ1) is 16.0. The van der Waals surface area contributed by atoms with Gasteiger partial charge in [0.25, 0.3) is 0 Å². The average Bonchev–Trinajstić information content (AvgIpc) is 2.64. The fraction of sp³-hybridized carbons (Fsp3) is 0.889. The number of fused-ring (bicyclic) bond motifs is 2. The van der Waals surface area contributed by atoms with Gasteiger partial charge in [-0.1, -0.05) is 38.2 Å². The molecule has 20 heavy (non-hydrogen) atoms. The van der Waals surface area contributed by atoms with Gasteiger partial charge in [0.05, 0.1) is 5.60 Å². The molecule has 2 fully saturated rings. The summed E-state index contributed by atoms with van der Waals surface area (Å²) in [6, 6.07) is 1.30. The minimum absolute atomic E-state index is 0.346. The van der Waals surface area contributed by atoms with Crippen LogP contribution in [0.5, 0.6) is 0 Å². The smallest absolute Gasteiger partial charge is 0.0677 e. The van der Waals surface area contributed by atoms with Crippen molar-refractivity contribution in [2.75, 3.05) is 7.05 Å². The summed E-state index contributed by atoms with van der Waals surface area (Å²) >= 11 is 0. The molecule has 1 N–H and O–H groups in total. The average molecular weight is 279 g/mol. The minimum Gasteiger partial charge on any atom is -0.390 e. The Morgan fingerprint density at radius 1 is 1.05 bits per heavy atom. The number of allylic oxidation sites excluding steroid dienone is 1. The lowest BCUT2D eigenvalue weighted by molar-refractivity contribution is -0.0514. The molecule has 2 heteroatoms. The molecule has 2 saturated heterocycles. The highest BCUT2D eigenvalue weighted by Gasteiger charge is 2.45. The quantitative estimate of drug-likeness (QED) is 0.503. The van der Waals surface area contributed by atoms with Crippen LogP contribution in [-0.4, -0.2) is 34.7 Å². The van der Waals surface area contributed by atoms with Gasteiger partial charge in [0.1, 0.15) is 0 Å². The van der Waals surface area contributed by atoms with Gasteiger partial charge in [-0.25, -0.2) is 0 Å². The van der Waals surface area contributed by atoms with Gasteiger partial charge in [0, 0.05) is 12.1 Å². The molecule has 2 heterocycles. The Hall–Kier alpha value is -0.340. The third-order valence-corrected chi connectivity index (χ3v) is 5.52. The summed E-state index contributed by atoms with van der Waals surface area (Å²) in [5.74, 6) is 0. The Labute approximate surface area is 125 Å². The molecule has 0 amide bonds. The van der Waals surface area contributed by atoms with Crippen LogP contribution in [-0.2, 0) is 0 Å². The van der Waals surface area contributed by atoms with E-state index in [1.165, 1.54) is 51.4 Å². The Morgan fingerprint density at radius 2 is 1.60 bits per heavy atom. The molecule has 2 nitrogen and oxygen atoms in total. The molecule has 0 aromatic rings. The number of nitrogens with zero attached hydrogens (tertiary/aromatic N) is 1. The van der Waals surface area contributed by atoms with E-state index in [-0.39, 0.29) is 5.60 Å². The zero-order valence-electron chi connectivity index (χ0n) is 13.3. The van der Waals surface area contributed by atoms with Crippen LogP contribution in [0.3, 0.4) is 0 Å². The number of rotatable bonds is 9. The highest BCUT2D eigenvalue weighted by Crippen LogP contribution is 2.41. The SMILES string of the molecule is C=CCCCCCCCCC1(O)CC2CCC(C1)N2C. The monoisotopic (exact) mass is 279 g/mol. The maximum atomic E-state index is 10.8. The topological polar surface area (TPSA) is 23.5 Å². The number of unbranched alkanes of at least 4 members (excludes halogenated alkanes) is 6. The van der Waals surface area contributed by atoms with Gasteiger partial charge in [-0.15, -0.1) is 6.58 Å². The summed E-state index contributed by atoms with van der Waals surface area (Å²) in [6.45, 7) is 3.76. The summed E-state index contributed by atoms with van der Waals surface area (Å²) in [5, 5.41) is 10.8. The normalized spacial score (nSPS) is 33.5. The summed E-state index contributed by atoms with van der Waals surface area (Å²) in [7, 11) is 2.24. The van der Waals surface area contributed by atoms with E-state index in [1.807, 2.05) is 6.08 Å². The molecule has 0 saturated carbocycles. The van der Waals surface area contributed by atoms with E-state index in [2.05, 4.69) is 18.5 Å². The Kier molecular flexibility index (Phi) is 6.10. The second-order valence-electron chi connectivity index (χ2n) is 7.13. The van der Waals surface area contributed by atoms with Gasteiger partial charge in [0.2, 0.25) is 0 Å². The molecule has 2 aliphatic rings. The fourth-order valence-corrected chi connectivity index (χ4v) is 4.20. The van der Waals surface area contributed by atoms with E-state index in [0.717, 1.165) is 25.7 Å². The first-order chi connectivity index (χ1) is 9.64. The van der Waals surface area contributed by atoms with Crippen LogP contribution in [0.4, 0.5) is 0 Å². The molecule has 2 bridgehead atoms. The van der Waals surface area contributed by atoms with E-state index < -0.39 is 0 Å². The Balaban J connectivity index is 1.56. The molecule has 2 atom stereocenters. The Morgan fingerprint density at radius 3 is 2.20 bits per heavy atom. The van der Waals surface area contributed by atoms with Crippen molar-refractivity contribution in [3.63, 3.8) is 0 Å². The van der Waals surface area contributed by atoms with Crippen molar-refractivity contribution in [2.24, 2.45) is 0 Å². The second-order valence-corrected chi connectivity index (χ2v) is 7.13. The van der Waals surface area contributed by atoms with Gasteiger partial charge in [-0.2, -0.15) is 0 Å². The van der Waals surface area contributed by atoms with E-state index >= 15 is 0 Å². The molecular weight excluding hydrogens is 246 g/mol. The van der Waals surface area contributed by atoms with Crippen molar-refractivity contribution in [3.05, 3.63) is 12.7 Å². The van der Waals surface area contributed by atoms with Gasteiger partial charge in [-0.3, -0.25) is 0 Å². The van der Waals surface area contributed by atoms with Crippen molar-refractivity contribution >= 4 is 0 Å². The summed E-state index contributed by atoms with van der Waals surface area (Å²) < 4.78 is 0. The maximum Gasteiger partial charge on any atom is 0.0677 e. The first-order valence-electron chi connectivity index (χ1n) is 8.70. The van der Waals surface area contributed by atoms with E-state index in [1.54, 1.807) is 0 Å². The summed E-state index contributed by atoms with van der Waals surface area (Å²) in [5.41, 5.74) is -0.346. The van der Waals surface area contributed by atoms with Gasteiger partial charge >= 0.3 is 0 Å². The van der Waals surface area contributed by atoms with Crippen molar-refractivity contribution < 1.29 is 5.11 Å². The molecular formula is C18H33NO. The second kappa shape index (κ2) is 7.61. The fourth-order valence-electron chi connectivity index (χ4n) is 4.20. The summed E-state index contributed by atoms with van der Waals surface area (Å²) in [4.78, 5) is 2.51. The van der Waals surface area contributed by atoms with Crippen LogP contribution in [0, 0.1) is 0 Å². The largest absolute Gasteiger partial charge is 0.390 e. The van der Waals surface area contributed by atoms with Gasteiger partial charge < -0.3 is 10.0 Å². The van der Waals surface area contributed by atoms with Crippen LogP contribution in [0.25, 0.3) is 0 Å². The predicted molar refractivity (Wildman–Crippen MR) is 85.9 cm³/mol. The van der Waals surface area contributed by atoms with E-state index in [0.29, 0.717) is 12.1 Å². The van der Waals surface area contributed by atoms with Crippen molar-refractivity contribution in [3.8, 4) is 0 Å². The number of hydrogen-bond donors (Lipinski definition) is 1. The Bertz CT molecular complexity index is 288. The van der Waals surface area contributed by atoms with Gasteiger partial charge in [-0.05, 0) is 52.0 Å². The molecule has 2 unspecified atom stereocenters. The summed E-state index contributed by atoms with van der Waals surface area (Å²) in [6.07, 6.45) is 16.6. The molecule has 116 valence electrons. The number of aliphatic hydroxyl groups is 1. The lowest BCUT2D eigenvalue weighted by Crippen LogP contribution is -2.49. The van der Waals surface area contributed by atoms with Crippen LogP contribution in [0.15, 0.2) is 12.7 Å². The van der Waals surface area contributed by atoms with E-state index in [4.69, 9.17) is 0 Å². The molecule has 0 radical (unpaired) electrons.